The number of halogens is 1. The first kappa shape index (κ1) is 9.00. The van der Waals surface area contributed by atoms with Gasteiger partial charge in [-0.25, -0.2) is 0 Å². The Labute approximate surface area is 85.7 Å². The van der Waals surface area contributed by atoms with Gasteiger partial charge < -0.3 is 4.57 Å². The van der Waals surface area contributed by atoms with Crippen LogP contribution >= 0.6 is 15.9 Å². The van der Waals surface area contributed by atoms with E-state index in [0.717, 1.165) is 11.9 Å². The van der Waals surface area contributed by atoms with Gasteiger partial charge in [0.1, 0.15) is 0 Å². The van der Waals surface area contributed by atoms with E-state index in [4.69, 9.17) is 0 Å². The van der Waals surface area contributed by atoms with Crippen LogP contribution in [0.2, 0.25) is 0 Å². The van der Waals surface area contributed by atoms with Gasteiger partial charge in [-0.15, -0.1) is 0 Å². The second-order valence-corrected chi connectivity index (χ2v) is 4.40. The number of nitrogens with zero attached hydrogens (tertiary/aromatic N) is 1. The number of hydrogen-bond donors (Lipinski definition) is 0. The Kier molecular flexibility index (Phi) is 2.28. The topological polar surface area (TPSA) is 22.0 Å². The maximum atomic E-state index is 10.8. The first-order valence-corrected chi connectivity index (χ1v) is 5.58. The van der Waals surface area contributed by atoms with Crippen molar-refractivity contribution < 1.29 is 0 Å². The van der Waals surface area contributed by atoms with E-state index in [1.54, 1.807) is 12.1 Å². The van der Waals surface area contributed by atoms with Gasteiger partial charge in [-0.3, -0.25) is 4.79 Å². The van der Waals surface area contributed by atoms with Crippen LogP contribution in [0.1, 0.15) is 12.8 Å². The molecule has 0 aromatic carbocycles. The van der Waals surface area contributed by atoms with E-state index in [2.05, 4.69) is 20.5 Å². The second kappa shape index (κ2) is 3.29. The summed E-state index contributed by atoms with van der Waals surface area (Å²) in [6, 6.07) is 3.23. The molecular formula is C10H12BrNO. The minimum absolute atomic E-state index is 0.0833. The predicted molar refractivity (Wildman–Crippen MR) is 56.2 cm³/mol. The summed E-state index contributed by atoms with van der Waals surface area (Å²) in [6.07, 6.45) is 6.32. The maximum absolute atomic E-state index is 10.8. The second-order valence-electron chi connectivity index (χ2n) is 3.84. The van der Waals surface area contributed by atoms with E-state index in [0.29, 0.717) is 5.41 Å². The Morgan fingerprint density at radius 3 is 2.46 bits per heavy atom. The molecule has 0 unspecified atom stereocenters. The molecule has 1 aliphatic carbocycles. The van der Waals surface area contributed by atoms with Crippen LogP contribution in [0.15, 0.2) is 29.3 Å². The lowest BCUT2D eigenvalue weighted by Crippen LogP contribution is -2.14. The number of aromatic nitrogens is 1. The minimum Gasteiger partial charge on any atom is -0.353 e. The normalized spacial score (nSPS) is 18.5. The lowest BCUT2D eigenvalue weighted by Gasteiger charge is -2.13. The van der Waals surface area contributed by atoms with Gasteiger partial charge in [0, 0.05) is 36.4 Å². The lowest BCUT2D eigenvalue weighted by molar-refractivity contribution is 0.473. The highest BCUT2D eigenvalue weighted by Gasteiger charge is 2.41. The van der Waals surface area contributed by atoms with Crippen molar-refractivity contribution in [2.75, 3.05) is 5.33 Å². The molecule has 0 spiro atoms. The minimum atomic E-state index is 0.0833. The van der Waals surface area contributed by atoms with E-state index >= 15 is 0 Å². The Morgan fingerprint density at radius 2 is 2.00 bits per heavy atom. The fourth-order valence-corrected chi connectivity index (χ4v) is 2.19. The molecule has 0 amide bonds. The van der Waals surface area contributed by atoms with E-state index in [-0.39, 0.29) is 5.43 Å². The van der Waals surface area contributed by atoms with Gasteiger partial charge in [0.25, 0.3) is 0 Å². The summed E-state index contributed by atoms with van der Waals surface area (Å²) in [5.41, 5.74) is 0.551. The molecule has 13 heavy (non-hydrogen) atoms. The smallest absolute Gasteiger partial charge is 0.181 e. The molecule has 1 saturated carbocycles. The van der Waals surface area contributed by atoms with Crippen LogP contribution in [-0.4, -0.2) is 9.90 Å². The van der Waals surface area contributed by atoms with Crippen LogP contribution in [0.25, 0.3) is 0 Å². The van der Waals surface area contributed by atoms with Crippen molar-refractivity contribution in [3.8, 4) is 0 Å². The van der Waals surface area contributed by atoms with Crippen molar-refractivity contribution in [3.63, 3.8) is 0 Å². The molecule has 1 aromatic heterocycles. The molecule has 0 radical (unpaired) electrons. The van der Waals surface area contributed by atoms with Gasteiger partial charge in [0.15, 0.2) is 5.43 Å². The van der Waals surface area contributed by atoms with Crippen LogP contribution in [0.5, 0.6) is 0 Å². The summed E-state index contributed by atoms with van der Waals surface area (Å²) in [5.74, 6) is 0. The summed E-state index contributed by atoms with van der Waals surface area (Å²) in [7, 11) is 0. The van der Waals surface area contributed by atoms with Crippen molar-refractivity contribution in [3.05, 3.63) is 34.7 Å². The standard InChI is InChI=1S/C10H12BrNO/c11-7-10(3-4-10)8-12-5-1-9(13)2-6-12/h1-2,5-6H,3-4,7-8H2. The summed E-state index contributed by atoms with van der Waals surface area (Å²) in [4.78, 5) is 10.8. The molecular weight excluding hydrogens is 230 g/mol. The van der Waals surface area contributed by atoms with Crippen LogP contribution in [0.4, 0.5) is 0 Å². The number of pyridine rings is 1. The number of rotatable bonds is 3. The first-order valence-electron chi connectivity index (χ1n) is 4.46. The molecule has 0 N–H and O–H groups in total. The number of alkyl halides is 1. The monoisotopic (exact) mass is 241 g/mol. The molecule has 1 fully saturated rings. The third kappa shape index (κ3) is 2.02. The van der Waals surface area contributed by atoms with Crippen molar-refractivity contribution in [2.24, 2.45) is 5.41 Å². The molecule has 3 heteroatoms. The predicted octanol–water partition coefficient (Wildman–Crippen LogP) is 2.02. The zero-order valence-electron chi connectivity index (χ0n) is 7.37. The lowest BCUT2D eigenvalue weighted by atomic mass is 10.1. The fraction of sp³-hybridized carbons (Fsp3) is 0.500. The van der Waals surface area contributed by atoms with E-state index in [9.17, 15) is 4.79 Å². The molecule has 2 nitrogen and oxygen atoms in total. The molecule has 2 rings (SSSR count). The Hall–Kier alpha value is -0.570. The van der Waals surface area contributed by atoms with Crippen molar-refractivity contribution >= 4 is 15.9 Å². The Balaban J connectivity index is 2.10. The molecule has 0 saturated heterocycles. The average Bonchev–Trinajstić information content (AvgIpc) is 2.90. The highest BCUT2D eigenvalue weighted by molar-refractivity contribution is 9.09. The summed E-state index contributed by atoms with van der Waals surface area (Å²) < 4.78 is 2.09. The number of hydrogen-bond acceptors (Lipinski definition) is 1. The van der Waals surface area contributed by atoms with Gasteiger partial charge in [-0.1, -0.05) is 15.9 Å². The van der Waals surface area contributed by atoms with Crippen LogP contribution in [0.3, 0.4) is 0 Å². The van der Waals surface area contributed by atoms with Gasteiger partial charge in [0.2, 0.25) is 0 Å². The third-order valence-electron chi connectivity index (χ3n) is 2.62. The van der Waals surface area contributed by atoms with E-state index in [1.807, 2.05) is 12.4 Å². The van der Waals surface area contributed by atoms with Crippen molar-refractivity contribution in [2.45, 2.75) is 19.4 Å². The van der Waals surface area contributed by atoms with Crippen LogP contribution in [-0.2, 0) is 6.54 Å². The highest BCUT2D eigenvalue weighted by atomic mass is 79.9. The quantitative estimate of drug-likeness (QED) is 0.743. The maximum Gasteiger partial charge on any atom is 0.181 e. The molecule has 1 aromatic rings. The largest absolute Gasteiger partial charge is 0.353 e. The zero-order chi connectivity index (χ0) is 9.31. The van der Waals surface area contributed by atoms with Gasteiger partial charge >= 0.3 is 0 Å². The van der Waals surface area contributed by atoms with E-state index < -0.39 is 0 Å². The summed E-state index contributed by atoms with van der Waals surface area (Å²) in [6.45, 7) is 1.03. The zero-order valence-corrected chi connectivity index (χ0v) is 8.96. The molecule has 0 aliphatic heterocycles. The van der Waals surface area contributed by atoms with Crippen LogP contribution < -0.4 is 5.43 Å². The Bertz CT molecular complexity index is 334. The molecule has 70 valence electrons. The third-order valence-corrected chi connectivity index (χ3v) is 3.81. The highest BCUT2D eigenvalue weighted by Crippen LogP contribution is 2.48. The molecule has 1 aliphatic rings. The van der Waals surface area contributed by atoms with Gasteiger partial charge in [-0.2, -0.15) is 0 Å². The van der Waals surface area contributed by atoms with Crippen molar-refractivity contribution in [1.29, 1.82) is 0 Å². The SMILES string of the molecule is O=c1ccn(CC2(CBr)CC2)cc1. The Morgan fingerprint density at radius 1 is 1.38 bits per heavy atom. The summed E-state index contributed by atoms with van der Waals surface area (Å²) >= 11 is 3.53. The van der Waals surface area contributed by atoms with Crippen LogP contribution in [0, 0.1) is 5.41 Å². The van der Waals surface area contributed by atoms with E-state index in [1.165, 1.54) is 12.8 Å². The van der Waals surface area contributed by atoms with Crippen molar-refractivity contribution in [1.82, 2.24) is 4.57 Å². The molecule has 0 bridgehead atoms. The van der Waals surface area contributed by atoms with Gasteiger partial charge in [-0.05, 0) is 18.3 Å². The van der Waals surface area contributed by atoms with Gasteiger partial charge in [0.05, 0.1) is 0 Å². The summed E-state index contributed by atoms with van der Waals surface area (Å²) in [5, 5.41) is 1.06. The first-order chi connectivity index (χ1) is 6.24. The molecule has 0 atom stereocenters. The average molecular weight is 242 g/mol. The fourth-order valence-electron chi connectivity index (χ4n) is 1.45. The molecule has 1 heterocycles.